The van der Waals surface area contributed by atoms with Gasteiger partial charge in [-0.15, -0.1) is 0 Å². The third kappa shape index (κ3) is 5.37. The molecule has 2 N–H and O–H groups in total. The van der Waals surface area contributed by atoms with E-state index in [1.807, 2.05) is 20.8 Å². The molecule has 0 bridgehead atoms. The first-order chi connectivity index (χ1) is 8.87. The monoisotopic (exact) mass is 272 g/mol. The van der Waals surface area contributed by atoms with Crippen LogP contribution in [-0.2, 0) is 9.47 Å². The van der Waals surface area contributed by atoms with Crippen molar-refractivity contribution in [2.24, 2.45) is 17.6 Å². The molecule has 0 spiro atoms. The number of hydrogen-bond acceptors (Lipinski definition) is 4. The molecule has 5 heteroatoms. The van der Waals surface area contributed by atoms with Gasteiger partial charge < -0.3 is 20.1 Å². The lowest BCUT2D eigenvalue weighted by molar-refractivity contribution is 0.0133. The average molecular weight is 272 g/mol. The number of carbonyl (C=O) groups excluding carboxylic acids is 1. The van der Waals surface area contributed by atoms with Crippen LogP contribution in [0.3, 0.4) is 0 Å². The Morgan fingerprint density at radius 2 is 1.95 bits per heavy atom. The largest absolute Gasteiger partial charge is 0.444 e. The van der Waals surface area contributed by atoms with Gasteiger partial charge in [-0.25, -0.2) is 4.79 Å². The minimum Gasteiger partial charge on any atom is -0.444 e. The van der Waals surface area contributed by atoms with E-state index >= 15 is 0 Å². The SMILES string of the molecule is COCC(CN)C1CCN(C(=O)OC(C)(C)C)CC1. The van der Waals surface area contributed by atoms with E-state index in [1.165, 1.54) is 0 Å². The lowest BCUT2D eigenvalue weighted by Gasteiger charge is -2.36. The Kier molecular flexibility index (Phi) is 6.07. The predicted octanol–water partition coefficient (Wildman–Crippen LogP) is 1.85. The molecule has 0 aromatic heterocycles. The van der Waals surface area contributed by atoms with Gasteiger partial charge in [0.25, 0.3) is 0 Å². The van der Waals surface area contributed by atoms with Crippen LogP contribution in [0.4, 0.5) is 4.79 Å². The van der Waals surface area contributed by atoms with E-state index in [0.717, 1.165) is 25.9 Å². The summed E-state index contributed by atoms with van der Waals surface area (Å²) >= 11 is 0. The molecule has 5 nitrogen and oxygen atoms in total. The number of hydrogen-bond donors (Lipinski definition) is 1. The highest BCUT2D eigenvalue weighted by Crippen LogP contribution is 2.25. The molecule has 1 amide bonds. The van der Waals surface area contributed by atoms with Crippen LogP contribution in [0, 0.1) is 11.8 Å². The van der Waals surface area contributed by atoms with Crippen LogP contribution in [0.5, 0.6) is 0 Å². The van der Waals surface area contributed by atoms with Crippen LogP contribution in [0.1, 0.15) is 33.6 Å². The maximum atomic E-state index is 11.9. The Morgan fingerprint density at radius 3 is 2.37 bits per heavy atom. The summed E-state index contributed by atoms with van der Waals surface area (Å²) in [6.45, 7) is 8.51. The van der Waals surface area contributed by atoms with Crippen molar-refractivity contribution < 1.29 is 14.3 Å². The molecule has 1 aliphatic heterocycles. The fourth-order valence-corrected chi connectivity index (χ4v) is 2.49. The minimum absolute atomic E-state index is 0.206. The van der Waals surface area contributed by atoms with Gasteiger partial charge in [0.15, 0.2) is 0 Å². The highest BCUT2D eigenvalue weighted by atomic mass is 16.6. The van der Waals surface area contributed by atoms with Crippen molar-refractivity contribution in [2.45, 2.75) is 39.2 Å². The summed E-state index contributed by atoms with van der Waals surface area (Å²) in [6.07, 6.45) is 1.75. The van der Waals surface area contributed by atoms with Crippen molar-refractivity contribution in [1.29, 1.82) is 0 Å². The molecule has 1 atom stereocenters. The number of piperidine rings is 1. The van der Waals surface area contributed by atoms with Gasteiger partial charge in [-0.1, -0.05) is 0 Å². The average Bonchev–Trinajstić information content (AvgIpc) is 2.34. The molecule has 112 valence electrons. The molecule has 1 fully saturated rings. The Balaban J connectivity index is 2.42. The second-order valence-electron chi connectivity index (χ2n) is 6.26. The number of rotatable bonds is 4. The van der Waals surface area contributed by atoms with Crippen LogP contribution in [0.15, 0.2) is 0 Å². The molecule has 1 aliphatic rings. The third-order valence-corrected chi connectivity index (χ3v) is 3.54. The predicted molar refractivity (Wildman–Crippen MR) is 75.0 cm³/mol. The lowest BCUT2D eigenvalue weighted by Crippen LogP contribution is -2.44. The molecular formula is C14H28N2O3. The van der Waals surface area contributed by atoms with Gasteiger partial charge in [0.05, 0.1) is 6.61 Å². The maximum absolute atomic E-state index is 11.9. The second-order valence-corrected chi connectivity index (χ2v) is 6.26. The molecule has 1 unspecified atom stereocenters. The fourth-order valence-electron chi connectivity index (χ4n) is 2.49. The van der Waals surface area contributed by atoms with Crippen LogP contribution in [0.2, 0.25) is 0 Å². The number of ether oxygens (including phenoxy) is 2. The van der Waals surface area contributed by atoms with Crippen molar-refractivity contribution in [3.05, 3.63) is 0 Å². The van der Waals surface area contributed by atoms with Gasteiger partial charge in [0, 0.05) is 20.2 Å². The molecule has 1 saturated heterocycles. The molecule has 0 aliphatic carbocycles. The zero-order valence-electron chi connectivity index (χ0n) is 12.6. The fraction of sp³-hybridized carbons (Fsp3) is 0.929. The van der Waals surface area contributed by atoms with E-state index in [2.05, 4.69) is 0 Å². The molecule has 0 aromatic rings. The summed E-state index contributed by atoms with van der Waals surface area (Å²) < 4.78 is 10.6. The van der Waals surface area contributed by atoms with E-state index in [0.29, 0.717) is 25.0 Å². The Bertz CT molecular complexity index is 281. The zero-order chi connectivity index (χ0) is 14.5. The van der Waals surface area contributed by atoms with E-state index < -0.39 is 5.60 Å². The number of methoxy groups -OCH3 is 1. The molecule has 0 radical (unpaired) electrons. The highest BCUT2D eigenvalue weighted by molar-refractivity contribution is 5.68. The highest BCUT2D eigenvalue weighted by Gasteiger charge is 2.30. The summed E-state index contributed by atoms with van der Waals surface area (Å²) in [5.41, 5.74) is 5.36. The zero-order valence-corrected chi connectivity index (χ0v) is 12.6. The summed E-state index contributed by atoms with van der Waals surface area (Å²) in [5.74, 6) is 0.939. The first-order valence-corrected chi connectivity index (χ1v) is 7.04. The second kappa shape index (κ2) is 7.10. The summed E-state index contributed by atoms with van der Waals surface area (Å²) in [5, 5.41) is 0. The molecule has 19 heavy (non-hydrogen) atoms. The van der Waals surface area contributed by atoms with Crippen molar-refractivity contribution in [2.75, 3.05) is 33.4 Å². The standard InChI is InChI=1S/C14H28N2O3/c1-14(2,3)19-13(17)16-7-5-11(6-8-16)12(9-15)10-18-4/h11-12H,5-10,15H2,1-4H3. The molecule has 1 heterocycles. The van der Waals surface area contributed by atoms with Crippen molar-refractivity contribution in [3.8, 4) is 0 Å². The molecule has 1 rings (SSSR count). The molecule has 0 saturated carbocycles. The van der Waals surface area contributed by atoms with Crippen molar-refractivity contribution in [3.63, 3.8) is 0 Å². The summed E-state index contributed by atoms with van der Waals surface area (Å²) in [4.78, 5) is 13.7. The summed E-state index contributed by atoms with van der Waals surface area (Å²) in [6, 6.07) is 0. The number of nitrogens with zero attached hydrogens (tertiary/aromatic N) is 1. The van der Waals surface area contributed by atoms with Gasteiger partial charge in [-0.2, -0.15) is 0 Å². The van der Waals surface area contributed by atoms with Crippen LogP contribution in [-0.4, -0.2) is 49.9 Å². The number of likely N-dealkylation sites (tertiary alicyclic amines) is 1. The number of carbonyl (C=O) groups is 1. The topological polar surface area (TPSA) is 64.8 Å². The number of amides is 1. The Labute approximate surface area is 116 Å². The van der Waals surface area contributed by atoms with Crippen LogP contribution < -0.4 is 5.73 Å². The minimum atomic E-state index is -0.427. The van der Waals surface area contributed by atoms with Gasteiger partial charge in [0.2, 0.25) is 0 Å². The van der Waals surface area contributed by atoms with E-state index in [9.17, 15) is 4.79 Å². The number of nitrogens with two attached hydrogens (primary N) is 1. The van der Waals surface area contributed by atoms with Gasteiger partial charge >= 0.3 is 6.09 Å². The summed E-state index contributed by atoms with van der Waals surface area (Å²) in [7, 11) is 1.71. The van der Waals surface area contributed by atoms with E-state index in [-0.39, 0.29) is 6.09 Å². The Hall–Kier alpha value is -0.810. The van der Waals surface area contributed by atoms with Crippen LogP contribution >= 0.6 is 0 Å². The van der Waals surface area contributed by atoms with Crippen molar-refractivity contribution in [1.82, 2.24) is 4.90 Å². The van der Waals surface area contributed by atoms with Crippen molar-refractivity contribution >= 4 is 6.09 Å². The molecule has 0 aromatic carbocycles. The van der Waals surface area contributed by atoms with Gasteiger partial charge in [-0.05, 0) is 52.0 Å². The van der Waals surface area contributed by atoms with E-state index in [1.54, 1.807) is 12.0 Å². The molecular weight excluding hydrogens is 244 g/mol. The van der Waals surface area contributed by atoms with Crippen LogP contribution in [0.25, 0.3) is 0 Å². The van der Waals surface area contributed by atoms with Gasteiger partial charge in [-0.3, -0.25) is 0 Å². The van der Waals surface area contributed by atoms with E-state index in [4.69, 9.17) is 15.2 Å². The Morgan fingerprint density at radius 1 is 1.37 bits per heavy atom. The smallest absolute Gasteiger partial charge is 0.410 e. The maximum Gasteiger partial charge on any atom is 0.410 e. The lowest BCUT2D eigenvalue weighted by atomic mass is 9.85. The first kappa shape index (κ1) is 16.2. The quantitative estimate of drug-likeness (QED) is 0.848. The third-order valence-electron chi connectivity index (χ3n) is 3.54. The first-order valence-electron chi connectivity index (χ1n) is 7.04. The normalized spacial score (nSPS) is 19.3. The van der Waals surface area contributed by atoms with Gasteiger partial charge in [0.1, 0.15) is 5.60 Å².